The Morgan fingerprint density at radius 3 is 2.60 bits per heavy atom. The van der Waals surface area contributed by atoms with Gasteiger partial charge in [-0.3, -0.25) is 0 Å². The maximum absolute atomic E-state index is 13.5. The molecule has 0 amide bonds. The molecule has 3 N–H and O–H groups in total. The number of nitrogens with one attached hydrogen (secondary N) is 1. The summed E-state index contributed by atoms with van der Waals surface area (Å²) >= 11 is 0. The van der Waals surface area contributed by atoms with Gasteiger partial charge in [-0.25, -0.2) is 14.4 Å². The summed E-state index contributed by atoms with van der Waals surface area (Å²) in [6, 6.07) is 11.2. The van der Waals surface area contributed by atoms with Crippen molar-refractivity contribution in [3.8, 4) is 11.4 Å². The molecule has 0 radical (unpaired) electrons. The zero-order valence-electron chi connectivity index (χ0n) is 19.6. The molecule has 0 aliphatic rings. The van der Waals surface area contributed by atoms with Crippen LogP contribution in [0.1, 0.15) is 22.9 Å². The number of hydrogen-bond acceptors (Lipinski definition) is 6. The fraction of sp³-hybridized carbons (Fsp3) is 0.231. The van der Waals surface area contributed by atoms with E-state index in [-0.39, 0.29) is 25.6 Å². The van der Waals surface area contributed by atoms with Crippen molar-refractivity contribution in [2.45, 2.75) is 13.0 Å². The zero-order valence-corrected chi connectivity index (χ0v) is 19.6. The summed E-state index contributed by atoms with van der Waals surface area (Å²) in [6.07, 6.45) is 5.52. The lowest BCUT2D eigenvalue weighted by atomic mass is 10.1. The van der Waals surface area contributed by atoms with E-state index < -0.39 is 6.04 Å². The van der Waals surface area contributed by atoms with Crippen molar-refractivity contribution in [2.75, 3.05) is 32.2 Å². The van der Waals surface area contributed by atoms with Crippen LogP contribution in [0.5, 0.6) is 5.75 Å². The molecule has 182 valence electrons. The molecule has 0 saturated heterocycles. The van der Waals surface area contributed by atoms with Gasteiger partial charge < -0.3 is 29.4 Å². The third-order valence-corrected chi connectivity index (χ3v) is 5.67. The molecule has 9 heteroatoms. The number of methoxy groups -OCH3 is 1. The van der Waals surface area contributed by atoms with Gasteiger partial charge in [-0.1, -0.05) is 24.8 Å². The van der Waals surface area contributed by atoms with E-state index in [4.69, 9.17) is 4.74 Å². The van der Waals surface area contributed by atoms with Crippen molar-refractivity contribution < 1.29 is 19.3 Å². The van der Waals surface area contributed by atoms with Crippen LogP contribution in [0.4, 0.5) is 10.3 Å². The molecule has 0 unspecified atom stereocenters. The zero-order chi connectivity index (χ0) is 24.9. The molecule has 4 aromatic rings. The van der Waals surface area contributed by atoms with E-state index in [1.165, 1.54) is 12.1 Å². The SMILES string of the molecule is C=c1/c(=C/c2ccc(-n3cnc(C)c3)c(OC)c2)nc(NCCO)n1[C@H](CO)c1ccc(F)cc1. The fourth-order valence-electron chi connectivity index (χ4n) is 3.96. The van der Waals surface area contributed by atoms with Crippen LogP contribution in [0.25, 0.3) is 18.3 Å². The van der Waals surface area contributed by atoms with Gasteiger partial charge in [0.2, 0.25) is 5.95 Å². The van der Waals surface area contributed by atoms with Crippen LogP contribution in [0, 0.1) is 12.7 Å². The number of aliphatic hydroxyl groups excluding tert-OH is 2. The predicted molar refractivity (Wildman–Crippen MR) is 133 cm³/mol. The molecule has 2 aromatic heterocycles. The van der Waals surface area contributed by atoms with E-state index in [0.717, 1.165) is 16.9 Å². The van der Waals surface area contributed by atoms with E-state index in [0.29, 0.717) is 28.0 Å². The molecular weight excluding hydrogens is 449 g/mol. The van der Waals surface area contributed by atoms with Gasteiger partial charge >= 0.3 is 0 Å². The van der Waals surface area contributed by atoms with Gasteiger partial charge in [-0.15, -0.1) is 0 Å². The van der Waals surface area contributed by atoms with Gasteiger partial charge in [0.1, 0.15) is 11.6 Å². The number of hydrogen-bond donors (Lipinski definition) is 3. The smallest absolute Gasteiger partial charge is 0.204 e. The highest BCUT2D eigenvalue weighted by atomic mass is 19.1. The van der Waals surface area contributed by atoms with Gasteiger partial charge in [0.25, 0.3) is 0 Å². The van der Waals surface area contributed by atoms with Crippen LogP contribution in [-0.4, -0.2) is 56.2 Å². The lowest BCUT2D eigenvalue weighted by Crippen LogP contribution is -2.33. The second-order valence-electron chi connectivity index (χ2n) is 8.04. The summed E-state index contributed by atoms with van der Waals surface area (Å²) in [7, 11) is 1.61. The van der Waals surface area contributed by atoms with Crippen molar-refractivity contribution >= 4 is 18.6 Å². The van der Waals surface area contributed by atoms with Crippen LogP contribution in [-0.2, 0) is 0 Å². The average molecular weight is 478 g/mol. The third kappa shape index (κ3) is 5.11. The topological polar surface area (TPSA) is 97.4 Å². The average Bonchev–Trinajstić information content (AvgIpc) is 3.42. The first-order valence-corrected chi connectivity index (χ1v) is 11.1. The number of benzene rings is 2. The van der Waals surface area contributed by atoms with Crippen molar-refractivity contribution in [1.29, 1.82) is 0 Å². The van der Waals surface area contributed by atoms with Crippen molar-refractivity contribution in [1.82, 2.24) is 19.1 Å². The molecule has 1 atom stereocenters. The Hall–Kier alpha value is -3.95. The van der Waals surface area contributed by atoms with Gasteiger partial charge in [-0.05, 0) is 48.4 Å². The minimum absolute atomic E-state index is 0.0922. The number of aliphatic hydroxyl groups is 2. The molecule has 2 aromatic carbocycles. The molecule has 0 fully saturated rings. The summed E-state index contributed by atoms with van der Waals surface area (Å²) in [5.74, 6) is 0.748. The van der Waals surface area contributed by atoms with Crippen LogP contribution >= 0.6 is 0 Å². The van der Waals surface area contributed by atoms with E-state index >= 15 is 0 Å². The highest BCUT2D eigenvalue weighted by Crippen LogP contribution is 2.25. The van der Waals surface area contributed by atoms with Crippen LogP contribution in [0.15, 0.2) is 55.0 Å². The molecule has 35 heavy (non-hydrogen) atoms. The van der Waals surface area contributed by atoms with Crippen LogP contribution in [0.2, 0.25) is 0 Å². The summed E-state index contributed by atoms with van der Waals surface area (Å²) in [4.78, 5) is 8.95. The summed E-state index contributed by atoms with van der Waals surface area (Å²) in [6.45, 7) is 6.06. The largest absolute Gasteiger partial charge is 0.495 e. The fourth-order valence-corrected chi connectivity index (χ4v) is 3.96. The minimum Gasteiger partial charge on any atom is -0.495 e. The summed E-state index contributed by atoms with van der Waals surface area (Å²) in [5, 5.41) is 23.7. The standard InChI is InChI=1S/C26H28FN5O3/c1-17-14-31(16-29-17)23-9-4-19(13-25(23)35-3)12-22-18(2)32(26(30-22)28-10-11-33)24(15-34)20-5-7-21(27)8-6-20/h4-9,12-14,16,24,33-34H,2,10-11,15H2,1,3H3,(H,28,30)/b22-12-/t24-/m1/s1. The number of aromatic nitrogens is 4. The normalized spacial score (nSPS) is 12.7. The summed E-state index contributed by atoms with van der Waals surface area (Å²) in [5.41, 5.74) is 3.30. The lowest BCUT2D eigenvalue weighted by Gasteiger charge is -2.20. The number of anilines is 1. The van der Waals surface area contributed by atoms with Crippen LogP contribution in [0.3, 0.4) is 0 Å². The quantitative estimate of drug-likeness (QED) is 0.340. The molecule has 8 nitrogen and oxygen atoms in total. The second-order valence-corrected chi connectivity index (χ2v) is 8.04. The Kier molecular flexibility index (Phi) is 7.28. The Balaban J connectivity index is 1.80. The molecular formula is C26H28FN5O3. The van der Waals surface area contributed by atoms with Crippen molar-refractivity contribution in [3.63, 3.8) is 0 Å². The predicted octanol–water partition coefficient (Wildman–Crippen LogP) is 1.75. The lowest BCUT2D eigenvalue weighted by molar-refractivity contribution is 0.248. The summed E-state index contributed by atoms with van der Waals surface area (Å²) < 4.78 is 22.7. The highest BCUT2D eigenvalue weighted by Gasteiger charge is 2.19. The van der Waals surface area contributed by atoms with E-state index in [9.17, 15) is 14.6 Å². The number of nitrogens with zero attached hydrogens (tertiary/aromatic N) is 4. The number of rotatable bonds is 9. The molecule has 0 saturated carbocycles. The van der Waals surface area contributed by atoms with E-state index in [1.54, 1.807) is 30.1 Å². The maximum atomic E-state index is 13.5. The first-order valence-electron chi connectivity index (χ1n) is 11.1. The molecule has 0 bridgehead atoms. The molecule has 0 aliphatic heterocycles. The van der Waals surface area contributed by atoms with Gasteiger partial charge in [0, 0.05) is 12.7 Å². The van der Waals surface area contributed by atoms with Crippen molar-refractivity contribution in [2.24, 2.45) is 0 Å². The van der Waals surface area contributed by atoms with Gasteiger partial charge in [-0.2, -0.15) is 0 Å². The number of imidazole rings is 2. The third-order valence-electron chi connectivity index (χ3n) is 5.67. The van der Waals surface area contributed by atoms with Gasteiger partial charge in [0.15, 0.2) is 0 Å². The Bertz CT molecular complexity index is 1410. The molecule has 0 aliphatic carbocycles. The Morgan fingerprint density at radius 1 is 1.20 bits per heavy atom. The maximum Gasteiger partial charge on any atom is 0.204 e. The van der Waals surface area contributed by atoms with Gasteiger partial charge in [0.05, 0.1) is 54.8 Å². The number of aryl methyl sites for hydroxylation is 1. The first-order chi connectivity index (χ1) is 16.9. The van der Waals surface area contributed by atoms with E-state index in [2.05, 4.69) is 21.9 Å². The number of ether oxygens (including phenoxy) is 1. The monoisotopic (exact) mass is 477 g/mol. The molecule has 4 rings (SSSR count). The van der Waals surface area contributed by atoms with Crippen LogP contribution < -0.4 is 20.8 Å². The van der Waals surface area contributed by atoms with E-state index in [1.807, 2.05) is 42.0 Å². The Morgan fingerprint density at radius 2 is 1.97 bits per heavy atom. The highest BCUT2D eigenvalue weighted by molar-refractivity contribution is 5.58. The number of halogens is 1. The second kappa shape index (κ2) is 10.5. The minimum atomic E-state index is -0.541. The first kappa shape index (κ1) is 24.2. The Labute approximate surface area is 202 Å². The molecule has 0 spiro atoms. The van der Waals surface area contributed by atoms with Crippen molar-refractivity contribution in [3.05, 3.63) is 88.3 Å². The molecule has 2 heterocycles.